The molecular weight excluding hydrogens is 414 g/mol. The fraction of sp³-hybridized carbons (Fsp3) is 0.211. The summed E-state index contributed by atoms with van der Waals surface area (Å²) in [5.41, 5.74) is 2.40. The summed E-state index contributed by atoms with van der Waals surface area (Å²) >= 11 is 4.88. The molecule has 0 unspecified atom stereocenters. The van der Waals surface area contributed by atoms with E-state index >= 15 is 0 Å². The number of halogens is 1. The Hall–Kier alpha value is -2.25. The van der Waals surface area contributed by atoms with Crippen LogP contribution in [0, 0.1) is 13.8 Å². The van der Waals surface area contributed by atoms with E-state index in [1.54, 1.807) is 4.68 Å². The number of aromatic nitrogens is 2. The molecule has 1 N–H and O–H groups in total. The zero-order chi connectivity index (χ0) is 18.4. The van der Waals surface area contributed by atoms with Crippen LogP contribution in [0.2, 0.25) is 0 Å². The van der Waals surface area contributed by atoms with Crippen LogP contribution in [0.1, 0.15) is 38.1 Å². The molecule has 3 heterocycles. The first-order chi connectivity index (χ1) is 12.4. The molecule has 132 valence electrons. The first-order valence-electron chi connectivity index (χ1n) is 8.20. The number of hydrogen-bond acceptors (Lipinski definition) is 4. The van der Waals surface area contributed by atoms with Crippen molar-refractivity contribution in [3.05, 3.63) is 61.9 Å². The van der Waals surface area contributed by atoms with E-state index in [1.807, 2.05) is 50.2 Å². The second-order valence-electron chi connectivity index (χ2n) is 6.32. The third-order valence-corrected chi connectivity index (χ3v) is 6.02. The number of ketones is 1. The fourth-order valence-corrected chi connectivity index (χ4v) is 4.41. The number of aryl methyl sites for hydroxylation is 2. The summed E-state index contributed by atoms with van der Waals surface area (Å²) in [5, 5.41) is 7.50. The largest absolute Gasteiger partial charge is 0.310 e. The maximum absolute atomic E-state index is 13.1. The Balaban J connectivity index is 1.82. The lowest BCUT2D eigenvalue weighted by Gasteiger charge is -2.22. The van der Waals surface area contributed by atoms with E-state index in [0.29, 0.717) is 10.7 Å². The molecule has 0 saturated heterocycles. The highest BCUT2D eigenvalue weighted by Crippen LogP contribution is 2.39. The van der Waals surface area contributed by atoms with E-state index in [4.69, 9.17) is 0 Å². The van der Waals surface area contributed by atoms with Crippen molar-refractivity contribution in [1.29, 1.82) is 0 Å². The number of carbonyl (C=O) groups is 2. The van der Waals surface area contributed by atoms with Gasteiger partial charge >= 0.3 is 0 Å². The minimum Gasteiger partial charge on any atom is -0.310 e. The molecule has 0 radical (unpaired) electrons. The van der Waals surface area contributed by atoms with Gasteiger partial charge in [-0.2, -0.15) is 5.10 Å². The van der Waals surface area contributed by atoms with Crippen molar-refractivity contribution in [2.45, 2.75) is 26.2 Å². The van der Waals surface area contributed by atoms with Gasteiger partial charge in [-0.1, -0.05) is 15.9 Å². The molecule has 1 atom stereocenters. The highest BCUT2D eigenvalue weighted by molar-refractivity contribution is 9.10. The number of amides is 1. The molecule has 1 aliphatic rings. The molecule has 0 saturated carbocycles. The van der Waals surface area contributed by atoms with E-state index in [1.165, 1.54) is 11.3 Å². The quantitative estimate of drug-likeness (QED) is 0.617. The number of nitrogens with zero attached hydrogens (tertiary/aromatic N) is 2. The zero-order valence-corrected chi connectivity index (χ0v) is 16.6. The first-order valence-corrected chi connectivity index (χ1v) is 9.81. The molecule has 2 aromatic heterocycles. The number of anilines is 1. The maximum atomic E-state index is 13.1. The molecule has 0 spiro atoms. The summed E-state index contributed by atoms with van der Waals surface area (Å²) in [6, 6.07) is 11.4. The van der Waals surface area contributed by atoms with Crippen molar-refractivity contribution in [2.24, 2.45) is 0 Å². The Morgan fingerprint density at radius 2 is 1.96 bits per heavy atom. The molecule has 4 rings (SSSR count). The zero-order valence-electron chi connectivity index (χ0n) is 14.2. The molecule has 1 aliphatic heterocycles. The minimum absolute atomic E-state index is 0.0161. The van der Waals surface area contributed by atoms with Crippen molar-refractivity contribution in [1.82, 2.24) is 9.78 Å². The smallest absolute Gasteiger partial charge is 0.226 e. The first kappa shape index (κ1) is 17.2. The van der Waals surface area contributed by atoms with Gasteiger partial charge in [0.15, 0.2) is 5.78 Å². The monoisotopic (exact) mass is 429 g/mol. The summed E-state index contributed by atoms with van der Waals surface area (Å²) in [4.78, 5) is 27.1. The Bertz CT molecular complexity index is 1020. The average molecular weight is 430 g/mol. The van der Waals surface area contributed by atoms with Gasteiger partial charge in [-0.25, -0.2) is 4.68 Å². The summed E-state index contributed by atoms with van der Waals surface area (Å²) in [5.74, 6) is -0.0891. The number of hydrogen-bond donors (Lipinski definition) is 1. The minimum atomic E-state index is -0.499. The van der Waals surface area contributed by atoms with Gasteiger partial charge in [0.05, 0.1) is 22.2 Å². The molecule has 3 aromatic rings. The van der Waals surface area contributed by atoms with E-state index in [2.05, 4.69) is 26.3 Å². The predicted octanol–water partition coefficient (Wildman–Crippen LogP) is 4.62. The summed E-state index contributed by atoms with van der Waals surface area (Å²) in [7, 11) is 0. The van der Waals surface area contributed by atoms with Crippen molar-refractivity contribution in [2.75, 3.05) is 5.32 Å². The normalized spacial score (nSPS) is 16.3. The Labute approximate surface area is 163 Å². The third kappa shape index (κ3) is 2.91. The summed E-state index contributed by atoms with van der Waals surface area (Å²) in [6.45, 7) is 3.85. The van der Waals surface area contributed by atoms with Gasteiger partial charge in [0.2, 0.25) is 5.91 Å². The average Bonchev–Trinajstić information content (AvgIpc) is 3.18. The second kappa shape index (κ2) is 6.48. The Morgan fingerprint density at radius 1 is 1.23 bits per heavy atom. The van der Waals surface area contributed by atoms with E-state index in [0.717, 1.165) is 26.3 Å². The van der Waals surface area contributed by atoms with Gasteiger partial charge in [-0.3, -0.25) is 9.59 Å². The van der Waals surface area contributed by atoms with Gasteiger partial charge in [-0.15, -0.1) is 11.3 Å². The lowest BCUT2D eigenvalue weighted by molar-refractivity contribution is -0.116. The number of rotatable bonds is 3. The van der Waals surface area contributed by atoms with Crippen molar-refractivity contribution in [3.63, 3.8) is 0 Å². The van der Waals surface area contributed by atoms with E-state index in [9.17, 15) is 9.59 Å². The number of fused-ring (bicyclic) bond motifs is 1. The number of thiophene rings is 1. The van der Waals surface area contributed by atoms with E-state index in [-0.39, 0.29) is 18.1 Å². The van der Waals surface area contributed by atoms with E-state index < -0.39 is 5.92 Å². The van der Waals surface area contributed by atoms with Crippen LogP contribution < -0.4 is 5.32 Å². The van der Waals surface area contributed by atoms with Crippen LogP contribution in [-0.4, -0.2) is 21.5 Å². The standard InChI is InChI=1S/C19H16BrN3O2S/c1-10-3-8-15(26-10)18(25)14-9-16(24)21-19-17(14)11(2)22-23(19)13-6-4-12(20)5-7-13/h3-8,14H,9H2,1-2H3,(H,21,24)/t14-/m1/s1. The molecule has 1 amide bonds. The molecule has 0 fully saturated rings. The SMILES string of the molecule is Cc1ccc(C(=O)[C@@H]2CC(=O)Nc3c2c(C)nn3-c2ccc(Br)cc2)s1. The molecular formula is C19H16BrN3O2S. The van der Waals surface area contributed by atoms with Gasteiger partial charge < -0.3 is 5.32 Å². The lowest BCUT2D eigenvalue weighted by Crippen LogP contribution is -2.28. The number of Topliss-reactive ketones (excluding diaryl/α,β-unsaturated/α-hetero) is 1. The molecule has 26 heavy (non-hydrogen) atoms. The highest BCUT2D eigenvalue weighted by Gasteiger charge is 2.36. The highest BCUT2D eigenvalue weighted by atomic mass is 79.9. The van der Waals surface area contributed by atoms with Crippen LogP contribution >= 0.6 is 27.3 Å². The van der Waals surface area contributed by atoms with Crippen LogP contribution in [0.3, 0.4) is 0 Å². The van der Waals surface area contributed by atoms with Gasteiger partial charge in [-0.05, 0) is 50.2 Å². The third-order valence-electron chi connectivity index (χ3n) is 4.47. The topological polar surface area (TPSA) is 64.0 Å². The predicted molar refractivity (Wildman–Crippen MR) is 105 cm³/mol. The molecule has 0 bridgehead atoms. The van der Waals surface area contributed by atoms with Crippen molar-refractivity contribution in [3.8, 4) is 5.69 Å². The summed E-state index contributed by atoms with van der Waals surface area (Å²) < 4.78 is 2.66. The summed E-state index contributed by atoms with van der Waals surface area (Å²) in [6.07, 6.45) is 0.148. The Kier molecular flexibility index (Phi) is 4.28. The van der Waals surface area contributed by atoms with Crippen LogP contribution in [-0.2, 0) is 4.79 Å². The van der Waals surface area contributed by atoms with Crippen LogP contribution in [0.25, 0.3) is 5.69 Å². The molecule has 0 aliphatic carbocycles. The molecule has 5 nitrogen and oxygen atoms in total. The number of carbonyl (C=O) groups excluding carboxylic acids is 2. The maximum Gasteiger partial charge on any atom is 0.226 e. The van der Waals surface area contributed by atoms with Crippen molar-refractivity contribution < 1.29 is 9.59 Å². The Morgan fingerprint density at radius 3 is 2.62 bits per heavy atom. The van der Waals surface area contributed by atoms with Crippen LogP contribution in [0.15, 0.2) is 40.9 Å². The van der Waals surface area contributed by atoms with Crippen LogP contribution in [0.5, 0.6) is 0 Å². The second-order valence-corrected chi connectivity index (χ2v) is 8.52. The molecule has 1 aromatic carbocycles. The van der Waals surface area contributed by atoms with Crippen LogP contribution in [0.4, 0.5) is 5.82 Å². The molecule has 7 heteroatoms. The van der Waals surface area contributed by atoms with Crippen molar-refractivity contribution >= 4 is 44.8 Å². The van der Waals surface area contributed by atoms with Gasteiger partial charge in [0, 0.05) is 21.3 Å². The van der Waals surface area contributed by atoms with Gasteiger partial charge in [0.1, 0.15) is 5.82 Å². The lowest BCUT2D eigenvalue weighted by atomic mass is 9.87. The van der Waals surface area contributed by atoms with Gasteiger partial charge in [0.25, 0.3) is 0 Å². The fourth-order valence-electron chi connectivity index (χ4n) is 3.28. The number of nitrogens with one attached hydrogen (secondary N) is 1. The number of benzene rings is 1.